The molecule has 0 aliphatic rings. The summed E-state index contributed by atoms with van der Waals surface area (Å²) in [6.45, 7) is 7.88. The third-order valence-corrected chi connectivity index (χ3v) is 4.05. The Balaban J connectivity index is 0.00000162. The van der Waals surface area contributed by atoms with Gasteiger partial charge in [-0.05, 0) is 33.7 Å². The fraction of sp³-hybridized carbons (Fsp3) is 0.467. The molecule has 2 rings (SSSR count). The Morgan fingerprint density at radius 3 is 2.50 bits per heavy atom. The molecular weight excluding hydrogens is 262 g/mol. The van der Waals surface area contributed by atoms with Crippen molar-refractivity contribution in [1.29, 1.82) is 0 Å². The van der Waals surface area contributed by atoms with Crippen molar-refractivity contribution in [2.75, 3.05) is 6.54 Å². The predicted molar refractivity (Wildman–Crippen MR) is 76.4 cm³/mol. The van der Waals surface area contributed by atoms with Crippen LogP contribution in [0.3, 0.4) is 0 Å². The van der Waals surface area contributed by atoms with Crippen LogP contribution in [0.25, 0.3) is 10.1 Å². The zero-order valence-corrected chi connectivity index (χ0v) is 13.0. The number of hydrogen-bond donors (Lipinski definition) is 1. The van der Waals surface area contributed by atoms with Crippen molar-refractivity contribution in [1.82, 2.24) is 0 Å². The fourth-order valence-corrected chi connectivity index (χ4v) is 3.38. The summed E-state index contributed by atoms with van der Waals surface area (Å²) in [7, 11) is 0. The summed E-state index contributed by atoms with van der Waals surface area (Å²) in [5, 5.41) is 3.79. The smallest absolute Gasteiger partial charge is 0.0781 e. The first-order valence-corrected chi connectivity index (χ1v) is 7.16. The Hall–Kier alpha value is -0.570. The quantitative estimate of drug-likeness (QED) is 0.838. The molecule has 1 heterocycles. The maximum Gasteiger partial charge on any atom is 0.0781 e. The first kappa shape index (κ1) is 15.5. The Morgan fingerprint density at radius 1 is 1.17 bits per heavy atom. The van der Waals surface area contributed by atoms with Crippen LogP contribution in [0.1, 0.15) is 31.9 Å². The number of thiophene rings is 1. The van der Waals surface area contributed by atoms with E-state index in [4.69, 9.17) is 0 Å². The molecule has 0 aliphatic carbocycles. The normalized spacial score (nSPS) is 11.6. The fourth-order valence-electron chi connectivity index (χ4n) is 2.27. The molecule has 100 valence electrons. The molecule has 3 heteroatoms. The van der Waals surface area contributed by atoms with Gasteiger partial charge in [-0.2, -0.15) is 0 Å². The van der Waals surface area contributed by atoms with Gasteiger partial charge in [0, 0.05) is 11.1 Å². The van der Waals surface area contributed by atoms with Gasteiger partial charge in [0.15, 0.2) is 0 Å². The van der Waals surface area contributed by atoms with Gasteiger partial charge in [-0.1, -0.05) is 39.0 Å². The number of rotatable bonds is 3. The van der Waals surface area contributed by atoms with Crippen LogP contribution in [-0.2, 0) is 12.8 Å². The van der Waals surface area contributed by atoms with Crippen LogP contribution in [0.4, 0.5) is 0 Å². The number of benzene rings is 1. The van der Waals surface area contributed by atoms with Crippen molar-refractivity contribution in [2.24, 2.45) is 5.41 Å². The van der Waals surface area contributed by atoms with Crippen LogP contribution in [0.5, 0.6) is 0 Å². The minimum Gasteiger partial charge on any atom is -1.00 e. The first-order valence-electron chi connectivity index (χ1n) is 6.28. The standard InChI is InChI=1S/C15H21NS.ClH/c1-15(2,3)9-12-10-17-14-11(7-8-16)5-4-6-13(12)14;/h4-6,10H,7-9,16H2,1-3H3;1H. The highest BCUT2D eigenvalue weighted by Crippen LogP contribution is 2.33. The zero-order chi connectivity index (χ0) is 12.5. The second-order valence-corrected chi connectivity index (χ2v) is 6.78. The van der Waals surface area contributed by atoms with Crippen LogP contribution in [0.2, 0.25) is 0 Å². The maximum absolute atomic E-state index is 3.96. The lowest BCUT2D eigenvalue weighted by Crippen LogP contribution is -3.00. The molecule has 1 nitrogen and oxygen atoms in total. The number of hydrogen-bond acceptors (Lipinski definition) is 1. The van der Waals surface area contributed by atoms with Crippen LogP contribution in [0, 0.1) is 5.41 Å². The molecule has 1 aromatic carbocycles. The van der Waals surface area contributed by atoms with E-state index in [1.54, 1.807) is 0 Å². The van der Waals surface area contributed by atoms with E-state index in [2.05, 4.69) is 50.1 Å². The Bertz CT molecular complexity index is 511. The van der Waals surface area contributed by atoms with E-state index in [0.29, 0.717) is 5.41 Å². The molecule has 0 aliphatic heterocycles. The largest absolute Gasteiger partial charge is 1.00 e. The summed E-state index contributed by atoms with van der Waals surface area (Å²) in [6.07, 6.45) is 2.24. The lowest BCUT2D eigenvalue weighted by Gasteiger charge is -2.17. The van der Waals surface area contributed by atoms with Crippen LogP contribution >= 0.6 is 11.3 Å². The average molecular weight is 284 g/mol. The van der Waals surface area contributed by atoms with Gasteiger partial charge in [0.1, 0.15) is 0 Å². The summed E-state index contributed by atoms with van der Waals surface area (Å²) >= 11 is 1.89. The molecule has 0 radical (unpaired) electrons. The lowest BCUT2D eigenvalue weighted by atomic mass is 9.88. The third kappa shape index (κ3) is 3.47. The number of quaternary nitrogens is 1. The molecular formula is C15H22ClNS. The zero-order valence-electron chi connectivity index (χ0n) is 11.4. The summed E-state index contributed by atoms with van der Waals surface area (Å²) in [4.78, 5) is 0. The monoisotopic (exact) mass is 283 g/mol. The molecule has 0 bridgehead atoms. The van der Waals surface area contributed by atoms with Crippen molar-refractivity contribution in [2.45, 2.75) is 33.6 Å². The van der Waals surface area contributed by atoms with Crippen molar-refractivity contribution >= 4 is 21.4 Å². The van der Waals surface area contributed by atoms with Gasteiger partial charge in [-0.15, -0.1) is 11.3 Å². The average Bonchev–Trinajstić information content (AvgIpc) is 2.61. The van der Waals surface area contributed by atoms with Crippen LogP contribution in [0.15, 0.2) is 23.6 Å². The molecule has 0 saturated carbocycles. The van der Waals surface area contributed by atoms with Crippen molar-refractivity contribution in [3.05, 3.63) is 34.7 Å². The lowest BCUT2D eigenvalue weighted by molar-refractivity contribution is -0.366. The third-order valence-electron chi connectivity index (χ3n) is 2.93. The highest BCUT2D eigenvalue weighted by Gasteiger charge is 2.15. The van der Waals surface area contributed by atoms with Gasteiger partial charge in [-0.25, -0.2) is 0 Å². The molecule has 2 aromatic rings. The second kappa shape index (κ2) is 6.05. The Morgan fingerprint density at radius 2 is 1.89 bits per heavy atom. The highest BCUT2D eigenvalue weighted by atomic mass is 35.5. The van der Waals surface area contributed by atoms with Crippen LogP contribution in [-0.4, -0.2) is 6.54 Å². The highest BCUT2D eigenvalue weighted by molar-refractivity contribution is 7.17. The molecule has 0 fully saturated rings. The van der Waals surface area contributed by atoms with Gasteiger partial charge >= 0.3 is 0 Å². The van der Waals surface area contributed by atoms with Gasteiger partial charge < -0.3 is 18.1 Å². The molecule has 0 unspecified atom stereocenters. The van der Waals surface area contributed by atoms with E-state index in [-0.39, 0.29) is 12.4 Å². The molecule has 3 N–H and O–H groups in total. The first-order chi connectivity index (χ1) is 8.01. The van der Waals surface area contributed by atoms with Gasteiger partial charge in [-0.3, -0.25) is 0 Å². The summed E-state index contributed by atoms with van der Waals surface area (Å²) in [6, 6.07) is 6.69. The molecule has 18 heavy (non-hydrogen) atoms. The maximum atomic E-state index is 3.96. The minimum atomic E-state index is 0. The van der Waals surface area contributed by atoms with E-state index >= 15 is 0 Å². The number of fused-ring (bicyclic) bond motifs is 1. The van der Waals surface area contributed by atoms with E-state index in [1.165, 1.54) is 21.2 Å². The predicted octanol–water partition coefficient (Wildman–Crippen LogP) is 0.278. The molecule has 0 spiro atoms. The summed E-state index contributed by atoms with van der Waals surface area (Å²) in [5.41, 5.74) is 7.28. The van der Waals surface area contributed by atoms with Crippen molar-refractivity contribution in [3.8, 4) is 0 Å². The molecule has 0 amide bonds. The summed E-state index contributed by atoms with van der Waals surface area (Å²) in [5.74, 6) is 0. The minimum absolute atomic E-state index is 0. The topological polar surface area (TPSA) is 27.6 Å². The molecule has 0 saturated heterocycles. The summed E-state index contributed by atoms with van der Waals surface area (Å²) < 4.78 is 1.47. The SMILES string of the molecule is CC(C)(C)Cc1csc2c(CC[NH3+])cccc12.[Cl-]. The van der Waals surface area contributed by atoms with Gasteiger partial charge in [0.2, 0.25) is 0 Å². The van der Waals surface area contributed by atoms with Gasteiger partial charge in [0.05, 0.1) is 6.54 Å². The Labute approximate surface area is 120 Å². The van der Waals surface area contributed by atoms with E-state index in [9.17, 15) is 0 Å². The van der Waals surface area contributed by atoms with Crippen molar-refractivity contribution < 1.29 is 18.1 Å². The van der Waals surface area contributed by atoms with E-state index in [0.717, 1.165) is 19.4 Å². The molecule has 0 atom stereocenters. The van der Waals surface area contributed by atoms with Gasteiger partial charge in [0.25, 0.3) is 0 Å². The Kier molecular flexibility index (Phi) is 5.20. The number of halogens is 1. The van der Waals surface area contributed by atoms with Crippen LogP contribution < -0.4 is 18.1 Å². The van der Waals surface area contributed by atoms with E-state index < -0.39 is 0 Å². The van der Waals surface area contributed by atoms with E-state index in [1.807, 2.05) is 11.3 Å². The second-order valence-electron chi connectivity index (χ2n) is 5.90. The van der Waals surface area contributed by atoms with Crippen molar-refractivity contribution in [3.63, 3.8) is 0 Å². The molecule has 1 aromatic heterocycles.